The minimum Gasteiger partial charge on any atom is -0.381 e. The van der Waals surface area contributed by atoms with Crippen LogP contribution in [-0.2, 0) is 9.53 Å². The molecule has 0 aromatic rings. The van der Waals surface area contributed by atoms with E-state index in [4.69, 9.17) is 4.74 Å². The maximum absolute atomic E-state index is 11.8. The van der Waals surface area contributed by atoms with Gasteiger partial charge in [0, 0.05) is 25.7 Å². The van der Waals surface area contributed by atoms with Gasteiger partial charge in [-0.15, -0.1) is 0 Å². The fraction of sp³-hybridized carbons (Fsp3) is 0.750. The van der Waals surface area contributed by atoms with E-state index >= 15 is 0 Å². The second kappa shape index (κ2) is 4.35. The molecule has 3 heteroatoms. The molecule has 3 nitrogen and oxygen atoms in total. The zero-order chi connectivity index (χ0) is 10.7. The van der Waals surface area contributed by atoms with Crippen molar-refractivity contribution in [3.63, 3.8) is 0 Å². The molecular weight excluding hydrogens is 190 g/mol. The van der Waals surface area contributed by atoms with Crippen molar-refractivity contribution in [3.8, 4) is 0 Å². The topological polar surface area (TPSA) is 38.3 Å². The number of ether oxygens (including phenoxy) is 1. The van der Waals surface area contributed by atoms with Gasteiger partial charge in [0.05, 0.1) is 0 Å². The number of amides is 1. The van der Waals surface area contributed by atoms with E-state index in [9.17, 15) is 4.79 Å². The highest BCUT2D eigenvalue weighted by Gasteiger charge is 2.57. The van der Waals surface area contributed by atoms with Crippen molar-refractivity contribution in [2.45, 2.75) is 26.2 Å². The number of carbonyl (C=O) groups is 1. The lowest BCUT2D eigenvalue weighted by Gasteiger charge is -2.22. The van der Waals surface area contributed by atoms with Crippen LogP contribution in [0.4, 0.5) is 0 Å². The van der Waals surface area contributed by atoms with Gasteiger partial charge in [0.15, 0.2) is 0 Å². The van der Waals surface area contributed by atoms with Crippen LogP contribution in [0.25, 0.3) is 0 Å². The molecule has 1 saturated heterocycles. The summed E-state index contributed by atoms with van der Waals surface area (Å²) in [7, 11) is 0. The van der Waals surface area contributed by atoms with Crippen LogP contribution >= 0.6 is 0 Å². The van der Waals surface area contributed by atoms with Gasteiger partial charge >= 0.3 is 0 Å². The van der Waals surface area contributed by atoms with Gasteiger partial charge in [-0.05, 0) is 31.6 Å². The summed E-state index contributed by atoms with van der Waals surface area (Å²) < 4.78 is 5.33. The van der Waals surface area contributed by atoms with Crippen molar-refractivity contribution < 1.29 is 9.53 Å². The molecule has 0 aromatic carbocycles. The number of allylic oxidation sites excluding steroid dienone is 1. The Hall–Kier alpha value is -0.830. The van der Waals surface area contributed by atoms with E-state index in [1.54, 1.807) is 0 Å². The second-order valence-corrected chi connectivity index (χ2v) is 4.55. The molecule has 0 bridgehead atoms. The lowest BCUT2D eigenvalue weighted by molar-refractivity contribution is -0.123. The summed E-state index contributed by atoms with van der Waals surface area (Å²) in [5.41, 5.74) is 0.304. The molecule has 1 aliphatic carbocycles. The molecular formula is C12H19NO2. The van der Waals surface area contributed by atoms with Crippen LogP contribution in [0.3, 0.4) is 0 Å². The standard InChI is InChI=1S/C12H19NO2/c1-2-3-6-13-11(14)10-9-12(10)4-7-15-8-5-12/h2-3,10H,4-9H2,1H3,(H,13,14)/b3-2+. The van der Waals surface area contributed by atoms with Crippen LogP contribution in [0.15, 0.2) is 12.2 Å². The monoisotopic (exact) mass is 209 g/mol. The zero-order valence-electron chi connectivity index (χ0n) is 9.29. The zero-order valence-corrected chi connectivity index (χ0v) is 9.29. The Kier molecular flexibility index (Phi) is 3.10. The van der Waals surface area contributed by atoms with Gasteiger partial charge in [-0.25, -0.2) is 0 Å². The molecule has 1 unspecified atom stereocenters. The van der Waals surface area contributed by atoms with Gasteiger partial charge < -0.3 is 10.1 Å². The highest BCUT2D eigenvalue weighted by atomic mass is 16.5. The molecule has 1 saturated carbocycles. The van der Waals surface area contributed by atoms with Crippen LogP contribution in [0.2, 0.25) is 0 Å². The Morgan fingerprint density at radius 1 is 1.53 bits per heavy atom. The average Bonchev–Trinajstić information content (AvgIpc) is 2.94. The van der Waals surface area contributed by atoms with Crippen molar-refractivity contribution in [2.75, 3.05) is 19.8 Å². The third kappa shape index (κ3) is 2.23. The van der Waals surface area contributed by atoms with E-state index < -0.39 is 0 Å². The van der Waals surface area contributed by atoms with Crippen molar-refractivity contribution in [1.82, 2.24) is 5.32 Å². The van der Waals surface area contributed by atoms with E-state index in [2.05, 4.69) is 5.32 Å². The molecule has 0 aromatic heterocycles. The molecule has 1 spiro atoms. The largest absolute Gasteiger partial charge is 0.381 e. The first kappa shape index (κ1) is 10.7. The molecule has 1 atom stereocenters. The second-order valence-electron chi connectivity index (χ2n) is 4.55. The number of hydrogen-bond acceptors (Lipinski definition) is 2. The van der Waals surface area contributed by atoms with Gasteiger partial charge in [-0.3, -0.25) is 4.79 Å². The third-order valence-corrected chi connectivity index (χ3v) is 3.62. The molecule has 0 radical (unpaired) electrons. The number of nitrogens with one attached hydrogen (secondary N) is 1. The summed E-state index contributed by atoms with van der Waals surface area (Å²) in [4.78, 5) is 11.8. The number of rotatable bonds is 3. The molecule has 2 rings (SSSR count). The first-order chi connectivity index (χ1) is 7.28. The van der Waals surface area contributed by atoms with Gasteiger partial charge in [0.2, 0.25) is 5.91 Å². The van der Waals surface area contributed by atoms with Crippen LogP contribution in [0.5, 0.6) is 0 Å². The maximum atomic E-state index is 11.8. The van der Waals surface area contributed by atoms with E-state index in [1.165, 1.54) is 0 Å². The average molecular weight is 209 g/mol. The van der Waals surface area contributed by atoms with Crippen LogP contribution in [0, 0.1) is 11.3 Å². The van der Waals surface area contributed by atoms with E-state index in [-0.39, 0.29) is 11.8 Å². The van der Waals surface area contributed by atoms with Crippen molar-refractivity contribution in [3.05, 3.63) is 12.2 Å². The molecule has 1 heterocycles. The summed E-state index contributed by atoms with van der Waals surface area (Å²) in [5.74, 6) is 0.488. The Morgan fingerprint density at radius 2 is 2.27 bits per heavy atom. The molecule has 84 valence electrons. The summed E-state index contributed by atoms with van der Waals surface area (Å²) in [5, 5.41) is 2.95. The first-order valence-electron chi connectivity index (χ1n) is 5.75. The SMILES string of the molecule is C/C=C/CNC(=O)C1CC12CCOCC2. The first-order valence-corrected chi connectivity index (χ1v) is 5.75. The molecule has 2 aliphatic rings. The quantitative estimate of drug-likeness (QED) is 0.715. The van der Waals surface area contributed by atoms with Crippen LogP contribution in [-0.4, -0.2) is 25.7 Å². The van der Waals surface area contributed by atoms with Gasteiger partial charge in [0.1, 0.15) is 0 Å². The van der Waals surface area contributed by atoms with Crippen molar-refractivity contribution >= 4 is 5.91 Å². The maximum Gasteiger partial charge on any atom is 0.223 e. The van der Waals surface area contributed by atoms with Crippen LogP contribution in [0.1, 0.15) is 26.2 Å². The lowest BCUT2D eigenvalue weighted by Crippen LogP contribution is -2.29. The van der Waals surface area contributed by atoms with E-state index in [0.29, 0.717) is 12.0 Å². The third-order valence-electron chi connectivity index (χ3n) is 3.62. The van der Waals surface area contributed by atoms with Gasteiger partial charge in [-0.1, -0.05) is 12.2 Å². The molecule has 15 heavy (non-hydrogen) atoms. The Balaban J connectivity index is 1.79. The summed E-state index contributed by atoms with van der Waals surface area (Å²) in [6.07, 6.45) is 7.12. The molecule has 1 amide bonds. The lowest BCUT2D eigenvalue weighted by atomic mass is 9.93. The normalized spacial score (nSPS) is 28.2. The number of hydrogen-bond donors (Lipinski definition) is 1. The van der Waals surface area contributed by atoms with E-state index in [1.807, 2.05) is 19.1 Å². The summed E-state index contributed by atoms with van der Waals surface area (Å²) >= 11 is 0. The summed E-state index contributed by atoms with van der Waals surface area (Å²) in [6, 6.07) is 0. The fourth-order valence-electron chi connectivity index (χ4n) is 2.45. The van der Waals surface area contributed by atoms with Gasteiger partial charge in [0.25, 0.3) is 0 Å². The van der Waals surface area contributed by atoms with Crippen molar-refractivity contribution in [1.29, 1.82) is 0 Å². The molecule has 2 fully saturated rings. The Morgan fingerprint density at radius 3 is 2.93 bits per heavy atom. The fourth-order valence-corrected chi connectivity index (χ4v) is 2.45. The minimum absolute atomic E-state index is 0.231. The van der Waals surface area contributed by atoms with Crippen LogP contribution < -0.4 is 5.32 Å². The minimum atomic E-state index is 0.231. The molecule has 1 aliphatic heterocycles. The Labute approximate surface area is 90.9 Å². The predicted molar refractivity (Wildman–Crippen MR) is 58.4 cm³/mol. The summed E-state index contributed by atoms with van der Waals surface area (Å²) in [6.45, 7) is 4.29. The molecule has 1 N–H and O–H groups in total. The van der Waals surface area contributed by atoms with E-state index in [0.717, 1.165) is 32.5 Å². The number of carbonyl (C=O) groups excluding carboxylic acids is 1. The highest BCUT2D eigenvalue weighted by molar-refractivity contribution is 5.82. The predicted octanol–water partition coefficient (Wildman–Crippen LogP) is 1.50. The van der Waals surface area contributed by atoms with Crippen molar-refractivity contribution in [2.24, 2.45) is 11.3 Å². The van der Waals surface area contributed by atoms with Gasteiger partial charge in [-0.2, -0.15) is 0 Å². The smallest absolute Gasteiger partial charge is 0.223 e. The highest BCUT2D eigenvalue weighted by Crippen LogP contribution is 2.59. The Bertz CT molecular complexity index is 267.